The van der Waals surface area contributed by atoms with Crippen LogP contribution in [0.5, 0.6) is 0 Å². The highest BCUT2D eigenvalue weighted by atomic mass is 35.5. The zero-order chi connectivity index (χ0) is 22.9. The fraction of sp³-hybridized carbons (Fsp3) is 0.360. The number of H-pyrrole nitrogens is 1. The second kappa shape index (κ2) is 12.9. The van der Waals surface area contributed by atoms with Gasteiger partial charge in [-0.05, 0) is 43.5 Å². The number of amides is 2. The van der Waals surface area contributed by atoms with Crippen molar-refractivity contribution in [2.75, 3.05) is 26.2 Å². The van der Waals surface area contributed by atoms with E-state index in [1.807, 2.05) is 47.4 Å². The number of halogens is 1. The molecule has 0 saturated carbocycles. The Morgan fingerprint density at radius 3 is 2.44 bits per heavy atom. The molecule has 1 saturated heterocycles. The molecule has 1 aliphatic rings. The third kappa shape index (κ3) is 6.88. The molecule has 0 aliphatic carbocycles. The number of carbonyl (C=O) groups is 2. The zero-order valence-corrected chi connectivity index (χ0v) is 19.9. The summed E-state index contributed by atoms with van der Waals surface area (Å²) in [4.78, 5) is 31.7. The molecule has 0 radical (unpaired) electrons. The molecule has 3 N–H and O–H groups in total. The molecule has 4 rings (SSSR count). The van der Waals surface area contributed by atoms with Gasteiger partial charge in [-0.3, -0.25) is 14.7 Å². The van der Waals surface area contributed by atoms with E-state index in [-0.39, 0.29) is 30.3 Å². The largest absolute Gasteiger partial charge is 0.356 e. The van der Waals surface area contributed by atoms with E-state index in [4.69, 9.17) is 0 Å². The number of nitrogens with zero attached hydrogens (tertiary/aromatic N) is 3. The maximum absolute atomic E-state index is 13.2. The number of aromatic amines is 1. The molecular weight excluding hydrogens is 452 g/mol. The van der Waals surface area contributed by atoms with E-state index in [1.165, 1.54) is 6.33 Å². The molecule has 2 heterocycles. The highest BCUT2D eigenvalue weighted by Crippen LogP contribution is 2.18. The molecule has 1 atom stereocenters. The van der Waals surface area contributed by atoms with Crippen LogP contribution in [0.1, 0.15) is 47.6 Å². The van der Waals surface area contributed by atoms with Gasteiger partial charge in [0.25, 0.3) is 5.91 Å². The lowest BCUT2D eigenvalue weighted by atomic mass is 10.0. The minimum Gasteiger partial charge on any atom is -0.356 e. The molecule has 1 aliphatic heterocycles. The SMILES string of the molecule is Cl.O=C1CC(c2ccccc2)NCCCCN(C(=O)c2ccc(-c3ncn[nH]3)cc2)CCCN1. The highest BCUT2D eigenvalue weighted by Gasteiger charge is 2.18. The summed E-state index contributed by atoms with van der Waals surface area (Å²) in [7, 11) is 0. The molecule has 3 aromatic rings. The van der Waals surface area contributed by atoms with Crippen LogP contribution in [0.3, 0.4) is 0 Å². The zero-order valence-electron chi connectivity index (χ0n) is 19.1. The average Bonchev–Trinajstić information content (AvgIpc) is 3.39. The number of hydrogen-bond donors (Lipinski definition) is 3. The number of rotatable bonds is 3. The summed E-state index contributed by atoms with van der Waals surface area (Å²) in [5, 5.41) is 13.2. The van der Waals surface area contributed by atoms with Crippen molar-refractivity contribution in [3.8, 4) is 11.4 Å². The third-order valence-corrected chi connectivity index (χ3v) is 5.87. The van der Waals surface area contributed by atoms with Gasteiger partial charge < -0.3 is 15.5 Å². The van der Waals surface area contributed by atoms with E-state index in [9.17, 15) is 9.59 Å². The standard InChI is InChI=1S/C25H30N6O2.ClH/c32-23-17-22(19-7-2-1-3-8-19)26-13-4-5-15-31(16-6-14-27-23)25(33)21-11-9-20(10-12-21)24-28-18-29-30-24;/h1-3,7-12,18,22,26H,4-6,13-17H2,(H,27,32)(H,28,29,30);1H. The minimum atomic E-state index is -0.00688. The predicted molar refractivity (Wildman–Crippen MR) is 134 cm³/mol. The smallest absolute Gasteiger partial charge is 0.253 e. The number of aromatic nitrogens is 3. The summed E-state index contributed by atoms with van der Waals surface area (Å²) in [6, 6.07) is 17.5. The second-order valence-corrected chi connectivity index (χ2v) is 8.24. The molecule has 1 fully saturated rings. The first-order valence-corrected chi connectivity index (χ1v) is 11.5. The normalized spacial score (nSPS) is 17.9. The molecule has 1 unspecified atom stereocenters. The van der Waals surface area contributed by atoms with Gasteiger partial charge >= 0.3 is 0 Å². The van der Waals surface area contributed by atoms with Crippen LogP contribution in [0.4, 0.5) is 0 Å². The molecule has 180 valence electrons. The van der Waals surface area contributed by atoms with Crippen LogP contribution in [-0.4, -0.2) is 58.1 Å². The number of hydrogen-bond acceptors (Lipinski definition) is 5. The first-order chi connectivity index (χ1) is 16.2. The van der Waals surface area contributed by atoms with Gasteiger partial charge in [-0.15, -0.1) is 12.4 Å². The Labute approximate surface area is 206 Å². The van der Waals surface area contributed by atoms with Gasteiger partial charge in [-0.25, -0.2) is 4.98 Å². The van der Waals surface area contributed by atoms with Crippen LogP contribution in [0, 0.1) is 0 Å². The maximum Gasteiger partial charge on any atom is 0.253 e. The van der Waals surface area contributed by atoms with E-state index in [0.29, 0.717) is 37.4 Å². The van der Waals surface area contributed by atoms with E-state index >= 15 is 0 Å². The average molecular weight is 483 g/mol. The van der Waals surface area contributed by atoms with Crippen LogP contribution in [-0.2, 0) is 4.79 Å². The molecular formula is C25H31ClN6O2. The molecule has 2 amide bonds. The van der Waals surface area contributed by atoms with E-state index in [0.717, 1.165) is 36.9 Å². The fourth-order valence-electron chi connectivity index (χ4n) is 4.07. The summed E-state index contributed by atoms with van der Waals surface area (Å²) in [6.07, 6.45) is 4.42. The quantitative estimate of drug-likeness (QED) is 0.531. The molecule has 2 aromatic carbocycles. The monoisotopic (exact) mass is 482 g/mol. The van der Waals surface area contributed by atoms with Crippen molar-refractivity contribution < 1.29 is 9.59 Å². The van der Waals surface area contributed by atoms with Crippen molar-refractivity contribution in [3.63, 3.8) is 0 Å². The Morgan fingerprint density at radius 2 is 1.71 bits per heavy atom. The predicted octanol–water partition coefficient (Wildman–Crippen LogP) is 3.36. The van der Waals surface area contributed by atoms with Crippen LogP contribution in [0.15, 0.2) is 60.9 Å². The van der Waals surface area contributed by atoms with E-state index in [1.54, 1.807) is 0 Å². The third-order valence-electron chi connectivity index (χ3n) is 5.87. The summed E-state index contributed by atoms with van der Waals surface area (Å²) >= 11 is 0. The topological polar surface area (TPSA) is 103 Å². The van der Waals surface area contributed by atoms with Gasteiger partial charge in [0.15, 0.2) is 5.82 Å². The van der Waals surface area contributed by atoms with Gasteiger partial charge in [0, 0.05) is 43.2 Å². The lowest BCUT2D eigenvalue weighted by molar-refractivity contribution is -0.121. The van der Waals surface area contributed by atoms with Crippen LogP contribution >= 0.6 is 12.4 Å². The van der Waals surface area contributed by atoms with Gasteiger partial charge in [0.05, 0.1) is 0 Å². The first-order valence-electron chi connectivity index (χ1n) is 11.5. The van der Waals surface area contributed by atoms with Gasteiger partial charge in [0.2, 0.25) is 5.91 Å². The lowest BCUT2D eigenvalue weighted by Crippen LogP contribution is -2.35. The molecule has 34 heavy (non-hydrogen) atoms. The molecule has 0 bridgehead atoms. The van der Waals surface area contributed by atoms with Gasteiger partial charge in [-0.1, -0.05) is 42.5 Å². The molecule has 0 spiro atoms. The fourth-order valence-corrected chi connectivity index (χ4v) is 4.07. The minimum absolute atomic E-state index is 0. The molecule has 1 aromatic heterocycles. The van der Waals surface area contributed by atoms with E-state index in [2.05, 4.69) is 37.9 Å². The summed E-state index contributed by atoms with van der Waals surface area (Å²) in [6.45, 7) is 2.64. The Balaban J connectivity index is 0.00000324. The lowest BCUT2D eigenvalue weighted by Gasteiger charge is -2.23. The van der Waals surface area contributed by atoms with E-state index < -0.39 is 0 Å². The van der Waals surface area contributed by atoms with Crippen molar-refractivity contribution in [3.05, 3.63) is 72.1 Å². The number of carbonyl (C=O) groups excluding carboxylic acids is 2. The van der Waals surface area contributed by atoms with Crippen molar-refractivity contribution in [1.29, 1.82) is 0 Å². The summed E-state index contributed by atoms with van der Waals surface area (Å²) in [5.74, 6) is 0.709. The Bertz CT molecular complexity index is 1030. The number of nitrogens with one attached hydrogen (secondary N) is 3. The second-order valence-electron chi connectivity index (χ2n) is 8.24. The highest BCUT2D eigenvalue weighted by molar-refractivity contribution is 5.94. The maximum atomic E-state index is 13.2. The van der Waals surface area contributed by atoms with Crippen LogP contribution < -0.4 is 10.6 Å². The Hall–Kier alpha value is -3.23. The number of benzene rings is 2. The Morgan fingerprint density at radius 1 is 0.941 bits per heavy atom. The first kappa shape index (κ1) is 25.4. The Kier molecular flexibility index (Phi) is 9.61. The molecule has 8 nitrogen and oxygen atoms in total. The van der Waals surface area contributed by atoms with Crippen LogP contribution in [0.25, 0.3) is 11.4 Å². The molecule has 9 heteroatoms. The van der Waals surface area contributed by atoms with Crippen molar-refractivity contribution in [1.82, 2.24) is 30.7 Å². The van der Waals surface area contributed by atoms with Gasteiger partial charge in [0.1, 0.15) is 6.33 Å². The van der Waals surface area contributed by atoms with Crippen molar-refractivity contribution in [2.24, 2.45) is 0 Å². The van der Waals surface area contributed by atoms with Crippen LogP contribution in [0.2, 0.25) is 0 Å². The van der Waals surface area contributed by atoms with Crippen molar-refractivity contribution in [2.45, 2.75) is 31.7 Å². The van der Waals surface area contributed by atoms with Crippen molar-refractivity contribution >= 4 is 24.2 Å². The van der Waals surface area contributed by atoms with Gasteiger partial charge in [-0.2, -0.15) is 5.10 Å². The summed E-state index contributed by atoms with van der Waals surface area (Å²) < 4.78 is 0. The summed E-state index contributed by atoms with van der Waals surface area (Å²) in [5.41, 5.74) is 2.65.